The van der Waals surface area contributed by atoms with Gasteiger partial charge in [-0.25, -0.2) is 4.98 Å². The molecule has 0 atom stereocenters. The van der Waals surface area contributed by atoms with Crippen molar-refractivity contribution in [3.63, 3.8) is 0 Å². The zero-order chi connectivity index (χ0) is 14.4. The van der Waals surface area contributed by atoms with Crippen molar-refractivity contribution >= 4 is 0 Å². The van der Waals surface area contributed by atoms with E-state index in [1.807, 2.05) is 24.7 Å². The second-order valence-corrected chi connectivity index (χ2v) is 4.98. The van der Waals surface area contributed by atoms with E-state index in [0.29, 0.717) is 12.6 Å². The number of hydrogen-bond donors (Lipinski definition) is 1. The second-order valence-electron chi connectivity index (χ2n) is 4.98. The van der Waals surface area contributed by atoms with Crippen molar-refractivity contribution < 1.29 is 4.74 Å². The minimum atomic E-state index is 0.460. The molecule has 0 fully saturated rings. The van der Waals surface area contributed by atoms with E-state index < -0.39 is 0 Å². The van der Waals surface area contributed by atoms with Crippen molar-refractivity contribution in [1.82, 2.24) is 19.9 Å². The molecule has 2 aromatic heterocycles. The van der Waals surface area contributed by atoms with Gasteiger partial charge in [0, 0.05) is 19.1 Å². The number of nitrogens with one attached hydrogen (secondary N) is 1. The van der Waals surface area contributed by atoms with Gasteiger partial charge in [0.2, 0.25) is 0 Å². The summed E-state index contributed by atoms with van der Waals surface area (Å²) in [4.78, 5) is 8.50. The summed E-state index contributed by atoms with van der Waals surface area (Å²) >= 11 is 0. The van der Waals surface area contributed by atoms with Gasteiger partial charge in [0.05, 0.1) is 30.1 Å². The van der Waals surface area contributed by atoms with E-state index in [0.717, 1.165) is 30.2 Å². The van der Waals surface area contributed by atoms with E-state index in [1.165, 1.54) is 0 Å². The van der Waals surface area contributed by atoms with Crippen molar-refractivity contribution in [2.75, 3.05) is 0 Å². The summed E-state index contributed by atoms with van der Waals surface area (Å²) in [5, 5.41) is 3.34. The molecule has 2 aromatic rings. The van der Waals surface area contributed by atoms with Crippen LogP contribution in [0.4, 0.5) is 0 Å². The molecule has 0 saturated heterocycles. The highest BCUT2D eigenvalue weighted by Gasteiger charge is 2.02. The lowest BCUT2D eigenvalue weighted by Gasteiger charge is -2.09. The molecule has 0 aromatic carbocycles. The van der Waals surface area contributed by atoms with Crippen molar-refractivity contribution in [2.45, 2.75) is 46.5 Å². The third kappa shape index (κ3) is 4.06. The number of nitrogens with zero attached hydrogens (tertiary/aromatic N) is 3. The molecular formula is C15H22N4O. The monoisotopic (exact) mass is 274 g/mol. The standard InChI is InChI=1S/C15H22N4O/c1-4-19-11-16-8-14(19)10-20-15-6-5-13(18-9-15)7-17-12(2)3/h5-6,8-9,11-12,17H,4,7,10H2,1-3H3. The quantitative estimate of drug-likeness (QED) is 0.842. The Bertz CT molecular complexity index is 519. The lowest BCUT2D eigenvalue weighted by Crippen LogP contribution is -2.22. The van der Waals surface area contributed by atoms with Gasteiger partial charge in [-0.2, -0.15) is 0 Å². The number of imidazole rings is 1. The molecule has 0 bridgehead atoms. The van der Waals surface area contributed by atoms with Gasteiger partial charge in [-0.3, -0.25) is 4.98 Å². The van der Waals surface area contributed by atoms with Crippen LogP contribution in [-0.2, 0) is 19.7 Å². The summed E-state index contributed by atoms with van der Waals surface area (Å²) < 4.78 is 7.79. The fourth-order valence-electron chi connectivity index (χ4n) is 1.82. The Morgan fingerprint density at radius 3 is 2.80 bits per heavy atom. The van der Waals surface area contributed by atoms with Gasteiger partial charge in [-0.15, -0.1) is 0 Å². The van der Waals surface area contributed by atoms with Crippen LogP contribution in [-0.4, -0.2) is 20.6 Å². The largest absolute Gasteiger partial charge is 0.486 e. The molecule has 2 heterocycles. The molecule has 5 heteroatoms. The first-order chi connectivity index (χ1) is 9.69. The molecule has 0 radical (unpaired) electrons. The molecule has 5 nitrogen and oxygen atoms in total. The Morgan fingerprint density at radius 1 is 1.30 bits per heavy atom. The molecule has 0 aliphatic heterocycles. The van der Waals surface area contributed by atoms with Crippen LogP contribution in [0.3, 0.4) is 0 Å². The Hall–Kier alpha value is -1.88. The predicted octanol–water partition coefficient (Wildman–Crippen LogP) is 2.38. The molecule has 2 rings (SSSR count). The maximum atomic E-state index is 5.73. The van der Waals surface area contributed by atoms with E-state index in [-0.39, 0.29) is 0 Å². The molecule has 0 unspecified atom stereocenters. The Labute approximate surface area is 120 Å². The van der Waals surface area contributed by atoms with Gasteiger partial charge in [0.1, 0.15) is 12.4 Å². The van der Waals surface area contributed by atoms with Crippen LogP contribution < -0.4 is 10.1 Å². The van der Waals surface area contributed by atoms with Crippen LogP contribution in [0.25, 0.3) is 0 Å². The van der Waals surface area contributed by atoms with Crippen LogP contribution in [0.15, 0.2) is 30.9 Å². The van der Waals surface area contributed by atoms with Crippen molar-refractivity contribution in [1.29, 1.82) is 0 Å². The highest BCUT2D eigenvalue weighted by Crippen LogP contribution is 2.12. The van der Waals surface area contributed by atoms with E-state index in [2.05, 4.69) is 40.6 Å². The highest BCUT2D eigenvalue weighted by atomic mass is 16.5. The first-order valence-corrected chi connectivity index (χ1v) is 6.99. The SMILES string of the molecule is CCn1cncc1COc1ccc(CNC(C)C)nc1. The van der Waals surface area contributed by atoms with Gasteiger partial charge in [0.25, 0.3) is 0 Å². The Balaban J connectivity index is 1.87. The van der Waals surface area contributed by atoms with Crippen molar-refractivity contribution in [2.24, 2.45) is 0 Å². The van der Waals surface area contributed by atoms with Gasteiger partial charge < -0.3 is 14.6 Å². The van der Waals surface area contributed by atoms with Gasteiger partial charge in [-0.05, 0) is 19.1 Å². The Kier molecular flexibility index (Phi) is 5.12. The lowest BCUT2D eigenvalue weighted by atomic mass is 10.3. The molecule has 0 saturated carbocycles. The molecule has 108 valence electrons. The summed E-state index contributed by atoms with van der Waals surface area (Å²) in [6.45, 7) is 8.52. The summed E-state index contributed by atoms with van der Waals surface area (Å²) in [7, 11) is 0. The number of pyridine rings is 1. The fourth-order valence-corrected chi connectivity index (χ4v) is 1.82. The fraction of sp³-hybridized carbons (Fsp3) is 0.467. The smallest absolute Gasteiger partial charge is 0.138 e. The lowest BCUT2D eigenvalue weighted by molar-refractivity contribution is 0.294. The summed E-state index contributed by atoms with van der Waals surface area (Å²) in [5.74, 6) is 0.780. The number of ether oxygens (including phenoxy) is 1. The minimum Gasteiger partial charge on any atom is -0.486 e. The average molecular weight is 274 g/mol. The third-order valence-corrected chi connectivity index (χ3v) is 3.01. The van der Waals surface area contributed by atoms with E-state index in [4.69, 9.17) is 4.74 Å². The topological polar surface area (TPSA) is 52.0 Å². The molecule has 0 aliphatic carbocycles. The van der Waals surface area contributed by atoms with Gasteiger partial charge in [-0.1, -0.05) is 13.8 Å². The summed E-state index contributed by atoms with van der Waals surface area (Å²) in [6.07, 6.45) is 5.42. The highest BCUT2D eigenvalue weighted by molar-refractivity contribution is 5.20. The molecule has 1 N–H and O–H groups in total. The predicted molar refractivity (Wildman–Crippen MR) is 78.4 cm³/mol. The molecule has 0 amide bonds. The van der Waals surface area contributed by atoms with Crippen molar-refractivity contribution in [3.8, 4) is 5.75 Å². The van der Waals surface area contributed by atoms with Crippen molar-refractivity contribution in [3.05, 3.63) is 42.2 Å². The molecule has 0 aliphatic rings. The minimum absolute atomic E-state index is 0.460. The molecule has 0 spiro atoms. The van der Waals surface area contributed by atoms with E-state index >= 15 is 0 Å². The van der Waals surface area contributed by atoms with E-state index in [9.17, 15) is 0 Å². The average Bonchev–Trinajstić information content (AvgIpc) is 2.91. The first-order valence-electron chi connectivity index (χ1n) is 6.99. The zero-order valence-electron chi connectivity index (χ0n) is 12.3. The maximum Gasteiger partial charge on any atom is 0.138 e. The second kappa shape index (κ2) is 7.05. The maximum absolute atomic E-state index is 5.73. The van der Waals surface area contributed by atoms with Crippen LogP contribution in [0.1, 0.15) is 32.2 Å². The number of hydrogen-bond acceptors (Lipinski definition) is 4. The van der Waals surface area contributed by atoms with Crippen LogP contribution in [0, 0.1) is 0 Å². The third-order valence-electron chi connectivity index (χ3n) is 3.01. The van der Waals surface area contributed by atoms with Crippen LogP contribution in [0.2, 0.25) is 0 Å². The zero-order valence-corrected chi connectivity index (χ0v) is 12.3. The molecule has 20 heavy (non-hydrogen) atoms. The van der Waals surface area contributed by atoms with Gasteiger partial charge in [0.15, 0.2) is 0 Å². The summed E-state index contributed by atoms with van der Waals surface area (Å²) in [5.41, 5.74) is 2.09. The number of aromatic nitrogens is 3. The van der Waals surface area contributed by atoms with Crippen LogP contribution in [0.5, 0.6) is 5.75 Å². The van der Waals surface area contributed by atoms with Gasteiger partial charge >= 0.3 is 0 Å². The Morgan fingerprint density at radius 2 is 2.15 bits per heavy atom. The van der Waals surface area contributed by atoms with Crippen LogP contribution >= 0.6 is 0 Å². The number of rotatable bonds is 7. The summed E-state index contributed by atoms with van der Waals surface area (Å²) in [6, 6.07) is 4.40. The normalized spacial score (nSPS) is 11.0. The first kappa shape index (κ1) is 14.5. The van der Waals surface area contributed by atoms with E-state index in [1.54, 1.807) is 6.20 Å². The number of aryl methyl sites for hydroxylation is 1. The molecular weight excluding hydrogens is 252 g/mol.